The molecular weight excluding hydrogens is 498 g/mol. The van der Waals surface area contributed by atoms with E-state index in [1.807, 2.05) is 0 Å². The summed E-state index contributed by atoms with van der Waals surface area (Å²) in [5, 5.41) is 4.37. The van der Waals surface area contributed by atoms with Gasteiger partial charge < -0.3 is 20.2 Å². The Morgan fingerprint density at radius 3 is 2.85 bits per heavy atom. The summed E-state index contributed by atoms with van der Waals surface area (Å²) in [5.41, 5.74) is 7.85. The topological polar surface area (TPSA) is 76.6 Å². The van der Waals surface area contributed by atoms with Gasteiger partial charge in [0.2, 0.25) is 5.75 Å². The van der Waals surface area contributed by atoms with E-state index in [0.29, 0.717) is 16.2 Å². The molecule has 1 aromatic carbocycles. The molecule has 34 heavy (non-hydrogen) atoms. The van der Waals surface area contributed by atoms with Crippen LogP contribution in [0, 0.1) is 5.82 Å². The Morgan fingerprint density at radius 1 is 1.26 bits per heavy atom. The molecule has 1 unspecified atom stereocenters. The number of rotatable bonds is 6. The van der Waals surface area contributed by atoms with Gasteiger partial charge in [-0.3, -0.25) is 4.90 Å². The highest BCUT2D eigenvalue weighted by Crippen LogP contribution is 2.42. The van der Waals surface area contributed by atoms with Gasteiger partial charge in [-0.2, -0.15) is 0 Å². The third-order valence-electron chi connectivity index (χ3n) is 5.90. The summed E-state index contributed by atoms with van der Waals surface area (Å²) >= 11 is 14.2. The van der Waals surface area contributed by atoms with Gasteiger partial charge >= 0.3 is 0 Å². The van der Waals surface area contributed by atoms with Crippen molar-refractivity contribution in [3.8, 4) is 16.2 Å². The quantitative estimate of drug-likeness (QED) is 0.298. The molecule has 0 saturated carbocycles. The molecule has 0 bridgehead atoms. The Hall–Kier alpha value is -2.36. The first-order chi connectivity index (χ1) is 16.4. The van der Waals surface area contributed by atoms with Crippen LogP contribution in [0.2, 0.25) is 10.0 Å². The lowest BCUT2D eigenvalue weighted by atomic mass is 10.1. The van der Waals surface area contributed by atoms with Crippen molar-refractivity contribution in [2.24, 2.45) is 0 Å². The fourth-order valence-electron chi connectivity index (χ4n) is 4.13. The van der Waals surface area contributed by atoms with E-state index in [2.05, 4.69) is 27.3 Å². The number of furan rings is 1. The van der Waals surface area contributed by atoms with E-state index in [1.54, 1.807) is 30.7 Å². The number of nitrogens with one attached hydrogen (secondary N) is 1. The molecule has 1 saturated heterocycles. The number of halogens is 3. The molecule has 4 heterocycles. The summed E-state index contributed by atoms with van der Waals surface area (Å²) < 4.78 is 26.0. The number of anilines is 1. The first kappa shape index (κ1) is 23.4. The van der Waals surface area contributed by atoms with E-state index >= 15 is 0 Å². The molecular formula is C24H23Cl2FN4O2S. The number of thiophene rings is 1. The summed E-state index contributed by atoms with van der Waals surface area (Å²) in [5.74, 6) is -0.143. The molecule has 5 rings (SSSR count). The molecule has 0 spiro atoms. The minimum atomic E-state index is -0.689. The lowest BCUT2D eigenvalue weighted by Gasteiger charge is -2.26. The molecule has 3 aromatic heterocycles. The van der Waals surface area contributed by atoms with Gasteiger partial charge in [-0.15, -0.1) is 11.3 Å². The molecule has 1 aliphatic rings. The summed E-state index contributed by atoms with van der Waals surface area (Å²) in [6.45, 7) is 6.77. The van der Waals surface area contributed by atoms with Crippen molar-refractivity contribution in [3.63, 3.8) is 0 Å². The Balaban J connectivity index is 1.44. The maximum Gasteiger partial charge on any atom is 0.205 e. The molecule has 178 valence electrons. The van der Waals surface area contributed by atoms with Crippen LogP contribution < -0.4 is 15.8 Å². The number of hydrogen-bond acceptors (Lipinski definition) is 7. The van der Waals surface area contributed by atoms with Crippen molar-refractivity contribution in [1.82, 2.24) is 15.2 Å². The van der Waals surface area contributed by atoms with Crippen LogP contribution in [0.4, 0.5) is 10.2 Å². The fourth-order valence-corrected chi connectivity index (χ4v) is 5.88. The SMILES string of the molecule is CC(Oc1c(N)ncc2c(-c3ccc(CN4CCNCC4)s3)coc12)c1c(Cl)ccc(F)c1Cl. The third kappa shape index (κ3) is 4.48. The molecule has 3 N–H and O–H groups in total. The van der Waals surface area contributed by atoms with Crippen LogP contribution in [0.3, 0.4) is 0 Å². The van der Waals surface area contributed by atoms with E-state index in [1.165, 1.54) is 17.0 Å². The lowest BCUT2D eigenvalue weighted by molar-refractivity contribution is 0.227. The maximum absolute atomic E-state index is 14.0. The number of ether oxygens (including phenoxy) is 1. The number of aromatic nitrogens is 1. The van der Waals surface area contributed by atoms with Crippen LogP contribution in [0.1, 0.15) is 23.5 Å². The van der Waals surface area contributed by atoms with Crippen LogP contribution in [0.5, 0.6) is 5.75 Å². The predicted molar refractivity (Wildman–Crippen MR) is 135 cm³/mol. The number of fused-ring (bicyclic) bond motifs is 1. The first-order valence-electron chi connectivity index (χ1n) is 10.9. The molecule has 10 heteroatoms. The summed E-state index contributed by atoms with van der Waals surface area (Å²) in [4.78, 5) is 9.12. The van der Waals surface area contributed by atoms with E-state index in [4.69, 9.17) is 38.1 Å². The van der Waals surface area contributed by atoms with Gasteiger partial charge in [0.1, 0.15) is 18.2 Å². The zero-order valence-corrected chi connectivity index (χ0v) is 20.7. The second-order valence-corrected chi connectivity index (χ2v) is 10.1. The van der Waals surface area contributed by atoms with E-state index in [9.17, 15) is 4.39 Å². The van der Waals surface area contributed by atoms with Crippen molar-refractivity contribution in [3.05, 3.63) is 63.0 Å². The molecule has 0 aliphatic carbocycles. The number of nitrogen functional groups attached to an aromatic ring is 1. The minimum Gasteiger partial charge on any atom is -0.478 e. The largest absolute Gasteiger partial charge is 0.478 e. The highest BCUT2D eigenvalue weighted by molar-refractivity contribution is 7.15. The smallest absolute Gasteiger partial charge is 0.205 e. The molecule has 1 fully saturated rings. The van der Waals surface area contributed by atoms with Crippen LogP contribution in [0.25, 0.3) is 21.4 Å². The van der Waals surface area contributed by atoms with Crippen LogP contribution in [0.15, 0.2) is 41.1 Å². The van der Waals surface area contributed by atoms with Crippen molar-refractivity contribution >= 4 is 51.3 Å². The second-order valence-electron chi connectivity index (χ2n) is 8.17. The normalized spacial score (nSPS) is 15.6. The number of hydrogen-bond donors (Lipinski definition) is 2. The number of nitrogens with two attached hydrogens (primary N) is 1. The van der Waals surface area contributed by atoms with Crippen LogP contribution in [-0.2, 0) is 6.54 Å². The Morgan fingerprint density at radius 2 is 2.06 bits per heavy atom. The minimum absolute atomic E-state index is 0.0885. The molecule has 1 atom stereocenters. The third-order valence-corrected chi connectivity index (χ3v) is 7.71. The van der Waals surface area contributed by atoms with Crippen molar-refractivity contribution < 1.29 is 13.5 Å². The average molecular weight is 521 g/mol. The zero-order chi connectivity index (χ0) is 23.8. The van der Waals surface area contributed by atoms with Gasteiger partial charge in [0.25, 0.3) is 0 Å². The number of pyridine rings is 1. The van der Waals surface area contributed by atoms with Crippen molar-refractivity contribution in [2.75, 3.05) is 31.9 Å². The van der Waals surface area contributed by atoms with Gasteiger partial charge in [-0.25, -0.2) is 9.37 Å². The van der Waals surface area contributed by atoms with Crippen molar-refractivity contribution in [2.45, 2.75) is 19.6 Å². The monoisotopic (exact) mass is 520 g/mol. The molecule has 0 amide bonds. The Kier molecular flexibility index (Phi) is 6.68. The average Bonchev–Trinajstić information content (AvgIpc) is 3.46. The number of nitrogens with zero attached hydrogens (tertiary/aromatic N) is 2. The van der Waals surface area contributed by atoms with E-state index < -0.39 is 11.9 Å². The number of piperazine rings is 1. The molecule has 1 aliphatic heterocycles. The standard InChI is InChI=1S/C24H23Cl2FN4O2S/c1-13(20-17(25)3-4-18(27)21(20)26)33-23-22-15(10-30-24(23)28)16(12-32-22)19-5-2-14(34-19)11-31-8-6-29-7-9-31/h2-5,10,12-13,29H,6-9,11H2,1H3,(H2,28,30). The maximum atomic E-state index is 14.0. The van der Waals surface area contributed by atoms with Gasteiger partial charge in [0.15, 0.2) is 11.4 Å². The molecule has 4 aromatic rings. The van der Waals surface area contributed by atoms with E-state index in [0.717, 1.165) is 48.6 Å². The first-order valence-corrected chi connectivity index (χ1v) is 12.5. The molecule has 0 radical (unpaired) electrons. The molecule has 6 nitrogen and oxygen atoms in total. The predicted octanol–water partition coefficient (Wildman–Crippen LogP) is 6.13. The van der Waals surface area contributed by atoms with Gasteiger partial charge in [0.05, 0.1) is 10.4 Å². The summed E-state index contributed by atoms with van der Waals surface area (Å²) in [7, 11) is 0. The van der Waals surface area contributed by atoms with Crippen LogP contribution in [-0.4, -0.2) is 36.1 Å². The lowest BCUT2D eigenvalue weighted by Crippen LogP contribution is -2.42. The Bertz CT molecular complexity index is 1340. The van der Waals surface area contributed by atoms with Crippen molar-refractivity contribution in [1.29, 1.82) is 0 Å². The summed E-state index contributed by atoms with van der Waals surface area (Å²) in [6, 6.07) is 6.91. The zero-order valence-electron chi connectivity index (χ0n) is 18.4. The van der Waals surface area contributed by atoms with Crippen LogP contribution >= 0.6 is 34.5 Å². The fraction of sp³-hybridized carbons (Fsp3) is 0.292. The second kappa shape index (κ2) is 9.71. The van der Waals surface area contributed by atoms with Gasteiger partial charge in [0, 0.05) is 64.8 Å². The van der Waals surface area contributed by atoms with Gasteiger partial charge in [-0.05, 0) is 31.2 Å². The summed E-state index contributed by atoms with van der Waals surface area (Å²) in [6.07, 6.45) is 2.68. The number of benzene rings is 1. The van der Waals surface area contributed by atoms with E-state index in [-0.39, 0.29) is 16.6 Å². The Labute approximate surface area is 210 Å². The highest BCUT2D eigenvalue weighted by Gasteiger charge is 2.23. The highest BCUT2D eigenvalue weighted by atomic mass is 35.5. The van der Waals surface area contributed by atoms with Gasteiger partial charge in [-0.1, -0.05) is 23.2 Å².